The molecule has 60 heavy (non-hydrogen) atoms. The number of rotatable bonds is 17. The third kappa shape index (κ3) is 15.9. The number of alkyl carbamates (subject to hydrolysis) is 1. The van der Waals surface area contributed by atoms with E-state index >= 15 is 0 Å². The first-order valence-electron chi connectivity index (χ1n) is 18.7. The molecule has 0 unspecified atom stereocenters. The average molecular weight is 861 g/mol. The molecule has 0 atom stereocenters. The number of nitrogens with one attached hydrogen (secondary N) is 2. The molecular weight excluding hydrogens is 807 g/mol. The molecule has 4 rings (SSSR count). The molecule has 21 heteroatoms. The van der Waals surface area contributed by atoms with Crippen molar-refractivity contribution < 1.29 is 45.8 Å². The standard InChI is InChI=1S/C16H20FN5O2.C14H14FN3O4S.C9H20N2O2/c1-24-13-5-4-10(17)8-11(13)14(23)12-9-21-16(22-15(12)19)20-7-3-2-6-18;1-3-23(20,21)14-17-7-10(13(16)18-14)12(19)9-6-8(15)4-5-11(9)22-2;1-9(2,3)13-8(12)11-7-5-4-6-10/h4-5,8-9H,2-3,6-7,18H2,1H3,(H3,19,20,21,22);4-7H,3H2,1-2H3,(H2,16,17,18);4-7,10H2,1-3H3,(H,11,12). The van der Waals surface area contributed by atoms with Gasteiger partial charge in [0.05, 0.1) is 42.2 Å². The van der Waals surface area contributed by atoms with Crippen molar-refractivity contribution in [3.8, 4) is 11.5 Å². The molecule has 2 aromatic carbocycles. The van der Waals surface area contributed by atoms with Crippen LogP contribution in [0.5, 0.6) is 11.5 Å². The second kappa shape index (κ2) is 24.1. The van der Waals surface area contributed by atoms with Gasteiger partial charge in [-0.1, -0.05) is 6.92 Å². The minimum absolute atomic E-state index is 0.0163. The Labute approximate surface area is 348 Å². The molecule has 2 aromatic heterocycles. The molecule has 0 bridgehead atoms. The van der Waals surface area contributed by atoms with Crippen LogP contribution in [0, 0.1) is 11.6 Å². The maximum atomic E-state index is 13.4. The summed E-state index contributed by atoms with van der Waals surface area (Å²) < 4.78 is 65.4. The minimum atomic E-state index is -3.65. The zero-order valence-corrected chi connectivity index (χ0v) is 35.3. The number of carbonyl (C=O) groups excluding carboxylic acids is 3. The van der Waals surface area contributed by atoms with Crippen molar-refractivity contribution in [1.29, 1.82) is 0 Å². The molecular formula is C39H54F2N10O8S. The number of nitrogens with two attached hydrogens (primary N) is 4. The van der Waals surface area contributed by atoms with E-state index in [0.29, 0.717) is 32.1 Å². The van der Waals surface area contributed by atoms with E-state index in [1.165, 1.54) is 45.5 Å². The minimum Gasteiger partial charge on any atom is -0.496 e. The van der Waals surface area contributed by atoms with Crippen LogP contribution < -0.4 is 43.0 Å². The number of sulfone groups is 1. The Morgan fingerprint density at radius 3 is 1.65 bits per heavy atom. The number of hydrogen-bond donors (Lipinski definition) is 6. The van der Waals surface area contributed by atoms with Gasteiger partial charge in [-0.05, 0) is 95.9 Å². The molecule has 10 N–H and O–H groups in total. The highest BCUT2D eigenvalue weighted by molar-refractivity contribution is 7.91. The van der Waals surface area contributed by atoms with Crippen molar-refractivity contribution in [2.75, 3.05) is 62.9 Å². The number of halogens is 2. The maximum absolute atomic E-state index is 13.4. The molecule has 4 aromatic rings. The summed E-state index contributed by atoms with van der Waals surface area (Å²) in [5.74, 6) is -2.09. The first-order chi connectivity index (χ1) is 28.3. The summed E-state index contributed by atoms with van der Waals surface area (Å²) in [6, 6.07) is 7.13. The summed E-state index contributed by atoms with van der Waals surface area (Å²) in [5.41, 5.74) is 21.8. The topological polar surface area (TPSA) is 293 Å². The Morgan fingerprint density at radius 2 is 1.22 bits per heavy atom. The number of ether oxygens (including phenoxy) is 3. The van der Waals surface area contributed by atoms with Gasteiger partial charge >= 0.3 is 6.09 Å². The number of nitrogen functional groups attached to an aromatic ring is 2. The average Bonchev–Trinajstić information content (AvgIpc) is 3.20. The Balaban J connectivity index is 0.000000325. The quantitative estimate of drug-likeness (QED) is 0.0495. The van der Waals surface area contributed by atoms with Gasteiger partial charge in [-0.3, -0.25) is 9.59 Å². The number of unbranched alkanes of at least 4 members (excludes halogenated alkanes) is 2. The van der Waals surface area contributed by atoms with Gasteiger partial charge in [0.25, 0.3) is 0 Å². The van der Waals surface area contributed by atoms with E-state index in [1.54, 1.807) is 0 Å². The molecule has 0 saturated carbocycles. The lowest BCUT2D eigenvalue weighted by molar-refractivity contribution is 0.0526. The van der Waals surface area contributed by atoms with Gasteiger partial charge in [-0.2, -0.15) is 4.98 Å². The lowest BCUT2D eigenvalue weighted by Crippen LogP contribution is -2.33. The number of ketones is 2. The third-order valence-corrected chi connectivity index (χ3v) is 9.30. The fraction of sp³-hybridized carbons (Fsp3) is 0.410. The summed E-state index contributed by atoms with van der Waals surface area (Å²) in [5, 5.41) is 5.20. The molecule has 18 nitrogen and oxygen atoms in total. The van der Waals surface area contributed by atoms with Crippen LogP contribution in [0.25, 0.3) is 0 Å². The molecule has 2 heterocycles. The van der Waals surface area contributed by atoms with E-state index in [1.807, 2.05) is 20.8 Å². The van der Waals surface area contributed by atoms with Gasteiger partial charge in [0.2, 0.25) is 32.5 Å². The van der Waals surface area contributed by atoms with Gasteiger partial charge < -0.3 is 47.8 Å². The second-order valence-corrected chi connectivity index (χ2v) is 15.7. The van der Waals surface area contributed by atoms with Crippen molar-refractivity contribution in [2.45, 2.75) is 64.1 Å². The summed E-state index contributed by atoms with van der Waals surface area (Å²) in [7, 11) is -0.910. The summed E-state index contributed by atoms with van der Waals surface area (Å²) >= 11 is 0. The predicted octanol–water partition coefficient (Wildman–Crippen LogP) is 4.07. The molecule has 0 saturated heterocycles. The Hall–Kier alpha value is -6.06. The largest absolute Gasteiger partial charge is 0.496 e. The lowest BCUT2D eigenvalue weighted by atomic mass is 10.0. The monoisotopic (exact) mass is 860 g/mol. The predicted molar refractivity (Wildman–Crippen MR) is 223 cm³/mol. The van der Waals surface area contributed by atoms with Crippen LogP contribution >= 0.6 is 0 Å². The molecule has 1 amide bonds. The normalized spacial score (nSPS) is 10.9. The number of anilines is 3. The van der Waals surface area contributed by atoms with Gasteiger partial charge in [0.15, 0.2) is 0 Å². The van der Waals surface area contributed by atoms with Gasteiger partial charge in [-0.15, -0.1) is 0 Å². The smallest absolute Gasteiger partial charge is 0.407 e. The first-order valence-corrected chi connectivity index (χ1v) is 20.3. The van der Waals surface area contributed by atoms with Crippen molar-refractivity contribution in [1.82, 2.24) is 25.3 Å². The van der Waals surface area contributed by atoms with Crippen LogP contribution in [0.4, 0.5) is 31.2 Å². The summed E-state index contributed by atoms with van der Waals surface area (Å²) in [6.07, 6.45) is 5.56. The van der Waals surface area contributed by atoms with Crippen LogP contribution in [0.1, 0.15) is 85.2 Å². The number of nitrogens with zero attached hydrogens (tertiary/aromatic N) is 4. The van der Waals surface area contributed by atoms with Crippen LogP contribution in [-0.4, -0.2) is 97.8 Å². The highest BCUT2D eigenvalue weighted by atomic mass is 32.2. The molecule has 0 fully saturated rings. The molecule has 0 aliphatic heterocycles. The second-order valence-electron chi connectivity index (χ2n) is 13.5. The summed E-state index contributed by atoms with van der Waals surface area (Å²) in [4.78, 5) is 51.6. The maximum Gasteiger partial charge on any atom is 0.407 e. The number of hydrogen-bond acceptors (Lipinski definition) is 17. The number of carbonyl (C=O) groups is 3. The van der Waals surface area contributed by atoms with E-state index in [9.17, 15) is 31.6 Å². The van der Waals surface area contributed by atoms with Gasteiger partial charge in [0.1, 0.15) is 40.4 Å². The highest BCUT2D eigenvalue weighted by Crippen LogP contribution is 2.26. The van der Waals surface area contributed by atoms with Crippen molar-refractivity contribution in [2.24, 2.45) is 11.5 Å². The van der Waals surface area contributed by atoms with Crippen molar-refractivity contribution >= 4 is 45.1 Å². The Kier molecular flexibility index (Phi) is 20.1. The molecule has 0 spiro atoms. The molecule has 0 aliphatic carbocycles. The number of methoxy groups -OCH3 is 2. The van der Waals surface area contributed by atoms with Crippen LogP contribution in [0.2, 0.25) is 0 Å². The molecule has 328 valence electrons. The molecule has 0 aliphatic rings. The lowest BCUT2D eigenvalue weighted by Gasteiger charge is -2.19. The van der Waals surface area contributed by atoms with E-state index in [-0.39, 0.29) is 57.2 Å². The fourth-order valence-electron chi connectivity index (χ4n) is 4.74. The number of benzene rings is 2. The third-order valence-electron chi connectivity index (χ3n) is 7.79. The van der Waals surface area contributed by atoms with Crippen molar-refractivity contribution in [3.63, 3.8) is 0 Å². The Bertz CT molecular complexity index is 2170. The van der Waals surface area contributed by atoms with E-state index < -0.39 is 43.8 Å². The molecule has 0 radical (unpaired) electrons. The number of amides is 1. The summed E-state index contributed by atoms with van der Waals surface area (Å²) in [6.45, 7) is 9.52. The zero-order valence-electron chi connectivity index (χ0n) is 34.5. The number of aromatic nitrogens is 4. The van der Waals surface area contributed by atoms with Crippen molar-refractivity contribution in [3.05, 3.63) is 82.7 Å². The van der Waals surface area contributed by atoms with Crippen LogP contribution in [0.3, 0.4) is 0 Å². The Morgan fingerprint density at radius 1 is 0.733 bits per heavy atom. The first kappa shape index (κ1) is 50.1. The van der Waals surface area contributed by atoms with E-state index in [4.69, 9.17) is 37.1 Å². The fourth-order valence-corrected chi connectivity index (χ4v) is 5.44. The van der Waals surface area contributed by atoms with Crippen LogP contribution in [-0.2, 0) is 14.6 Å². The SMILES string of the molecule is CC(C)(C)OC(=O)NCCCCN.CCS(=O)(=O)c1ncc(C(=O)c2cc(F)ccc2OC)c(N)n1.COc1ccc(F)cc1C(=O)c1cnc(NCCCCN)nc1N. The van der Waals surface area contributed by atoms with E-state index in [0.717, 1.165) is 50.1 Å². The highest BCUT2D eigenvalue weighted by Gasteiger charge is 2.23. The van der Waals surface area contributed by atoms with E-state index in [2.05, 4.69) is 30.6 Å². The van der Waals surface area contributed by atoms with Gasteiger partial charge in [-0.25, -0.2) is 36.9 Å². The van der Waals surface area contributed by atoms with Gasteiger partial charge in [0, 0.05) is 25.5 Å². The zero-order chi connectivity index (χ0) is 45.0. The van der Waals surface area contributed by atoms with Crippen LogP contribution in [0.15, 0.2) is 53.9 Å².